The van der Waals surface area contributed by atoms with Gasteiger partial charge < -0.3 is 9.84 Å². The van der Waals surface area contributed by atoms with E-state index in [4.69, 9.17) is 9.84 Å². The number of hydrogen-bond donors (Lipinski definition) is 2. The number of sulfonamides is 1. The molecule has 1 aromatic carbocycles. The number of benzene rings is 1. The number of thiazole rings is 1. The Hall–Kier alpha value is -2.13. The predicted octanol–water partition coefficient (Wildman–Crippen LogP) is 1.96. The standard InChI is InChI=1S/C12H12N2O5S2/c1-7-5-8(3-4-9(7)19-2)14-21(17,18)12-10(11(15)16)13-6-20-12/h3-6,14H,1-2H3,(H,15,16). The number of ether oxygens (including phenoxy) is 1. The molecule has 0 bridgehead atoms. The highest BCUT2D eigenvalue weighted by Crippen LogP contribution is 2.26. The minimum atomic E-state index is -4.00. The first-order valence-corrected chi connectivity index (χ1v) is 8.05. The van der Waals surface area contributed by atoms with Gasteiger partial charge >= 0.3 is 5.97 Å². The van der Waals surface area contributed by atoms with Crippen LogP contribution in [0, 0.1) is 6.92 Å². The maximum absolute atomic E-state index is 12.2. The fraction of sp³-hybridized carbons (Fsp3) is 0.167. The van der Waals surface area contributed by atoms with Crippen LogP contribution >= 0.6 is 11.3 Å². The predicted molar refractivity (Wildman–Crippen MR) is 77.6 cm³/mol. The minimum Gasteiger partial charge on any atom is -0.496 e. The van der Waals surface area contributed by atoms with Crippen LogP contribution in [0.3, 0.4) is 0 Å². The number of aryl methyl sites for hydroxylation is 1. The highest BCUT2D eigenvalue weighted by atomic mass is 32.2. The lowest BCUT2D eigenvalue weighted by molar-refractivity contribution is 0.0687. The van der Waals surface area contributed by atoms with Gasteiger partial charge in [-0.05, 0) is 30.7 Å². The van der Waals surface area contributed by atoms with Crippen LogP contribution in [0.2, 0.25) is 0 Å². The van der Waals surface area contributed by atoms with Gasteiger partial charge in [-0.15, -0.1) is 11.3 Å². The van der Waals surface area contributed by atoms with E-state index >= 15 is 0 Å². The highest BCUT2D eigenvalue weighted by Gasteiger charge is 2.25. The first kappa shape index (κ1) is 15.3. The van der Waals surface area contributed by atoms with Crippen LogP contribution in [0.25, 0.3) is 0 Å². The van der Waals surface area contributed by atoms with Gasteiger partial charge in [0.05, 0.1) is 12.6 Å². The number of aromatic carboxylic acids is 1. The Bertz CT molecular complexity index is 783. The average Bonchev–Trinajstić information content (AvgIpc) is 2.88. The molecule has 0 aliphatic rings. The molecule has 0 radical (unpaired) electrons. The smallest absolute Gasteiger partial charge is 0.356 e. The summed E-state index contributed by atoms with van der Waals surface area (Å²) in [5.41, 5.74) is 1.76. The van der Waals surface area contributed by atoms with Crippen molar-refractivity contribution in [2.45, 2.75) is 11.1 Å². The third kappa shape index (κ3) is 3.14. The first-order chi connectivity index (χ1) is 9.85. The SMILES string of the molecule is COc1ccc(NS(=O)(=O)c2scnc2C(=O)O)cc1C. The molecule has 9 heteroatoms. The van der Waals surface area contributed by atoms with Gasteiger partial charge in [-0.25, -0.2) is 18.2 Å². The molecule has 2 N–H and O–H groups in total. The Balaban J connectivity index is 2.35. The molecule has 0 amide bonds. The zero-order valence-electron chi connectivity index (χ0n) is 11.2. The van der Waals surface area contributed by atoms with E-state index in [1.54, 1.807) is 19.1 Å². The van der Waals surface area contributed by atoms with E-state index in [2.05, 4.69) is 9.71 Å². The van der Waals surface area contributed by atoms with Gasteiger partial charge in [0.2, 0.25) is 0 Å². The topological polar surface area (TPSA) is 106 Å². The summed E-state index contributed by atoms with van der Waals surface area (Å²) < 4.78 is 31.5. The van der Waals surface area contributed by atoms with E-state index in [0.29, 0.717) is 11.4 Å². The second-order valence-electron chi connectivity index (χ2n) is 4.08. The van der Waals surface area contributed by atoms with Crippen LogP contribution in [-0.2, 0) is 10.0 Å². The van der Waals surface area contributed by atoms with E-state index in [1.165, 1.54) is 18.7 Å². The van der Waals surface area contributed by atoms with Gasteiger partial charge in [-0.1, -0.05) is 0 Å². The Kier molecular flexibility index (Phi) is 4.14. The van der Waals surface area contributed by atoms with Gasteiger partial charge in [-0.3, -0.25) is 4.72 Å². The zero-order chi connectivity index (χ0) is 15.6. The molecule has 1 aromatic heterocycles. The summed E-state index contributed by atoms with van der Waals surface area (Å²) >= 11 is 0.749. The molecule has 2 aromatic rings. The van der Waals surface area contributed by atoms with Crippen molar-refractivity contribution >= 4 is 33.0 Å². The lowest BCUT2D eigenvalue weighted by Crippen LogP contribution is -2.15. The van der Waals surface area contributed by atoms with Crippen molar-refractivity contribution in [1.29, 1.82) is 0 Å². The Morgan fingerprint density at radius 2 is 2.14 bits per heavy atom. The van der Waals surface area contributed by atoms with E-state index in [9.17, 15) is 13.2 Å². The van der Waals surface area contributed by atoms with Crippen molar-refractivity contribution in [3.63, 3.8) is 0 Å². The number of carboxylic acid groups (broad SMARTS) is 1. The van der Waals surface area contributed by atoms with Crippen molar-refractivity contribution < 1.29 is 23.1 Å². The van der Waals surface area contributed by atoms with Gasteiger partial charge in [-0.2, -0.15) is 0 Å². The maximum Gasteiger partial charge on any atom is 0.356 e. The lowest BCUT2D eigenvalue weighted by Gasteiger charge is -2.10. The number of nitrogens with one attached hydrogen (secondary N) is 1. The molecular weight excluding hydrogens is 316 g/mol. The second kappa shape index (κ2) is 5.70. The molecule has 7 nitrogen and oxygen atoms in total. The molecule has 0 atom stereocenters. The van der Waals surface area contributed by atoms with E-state index in [-0.39, 0.29) is 4.21 Å². The van der Waals surface area contributed by atoms with E-state index in [1.807, 2.05) is 0 Å². The molecule has 2 rings (SSSR count). The molecule has 0 saturated carbocycles. The molecule has 0 unspecified atom stereocenters. The van der Waals surface area contributed by atoms with Crippen molar-refractivity contribution in [1.82, 2.24) is 4.98 Å². The molecular formula is C12H12N2O5S2. The molecule has 0 aliphatic carbocycles. The minimum absolute atomic E-state index is 0.318. The fourth-order valence-electron chi connectivity index (χ4n) is 1.71. The van der Waals surface area contributed by atoms with E-state index in [0.717, 1.165) is 16.9 Å². The van der Waals surface area contributed by atoms with Gasteiger partial charge in [0, 0.05) is 5.69 Å². The summed E-state index contributed by atoms with van der Waals surface area (Å²) in [6.45, 7) is 1.77. The molecule has 0 fully saturated rings. The first-order valence-electron chi connectivity index (χ1n) is 5.69. The molecule has 112 valence electrons. The summed E-state index contributed by atoms with van der Waals surface area (Å²) in [6, 6.07) is 4.75. The lowest BCUT2D eigenvalue weighted by atomic mass is 10.2. The molecule has 21 heavy (non-hydrogen) atoms. The van der Waals surface area contributed by atoms with Gasteiger partial charge in [0.15, 0.2) is 9.90 Å². The summed E-state index contributed by atoms with van der Waals surface area (Å²) in [5, 5.41) is 8.93. The van der Waals surface area contributed by atoms with Crippen molar-refractivity contribution in [3.8, 4) is 5.75 Å². The van der Waals surface area contributed by atoms with Crippen molar-refractivity contribution in [2.24, 2.45) is 0 Å². The number of anilines is 1. The number of carbonyl (C=O) groups is 1. The van der Waals surface area contributed by atoms with Crippen molar-refractivity contribution in [3.05, 3.63) is 35.0 Å². The van der Waals surface area contributed by atoms with Crippen LogP contribution in [0.1, 0.15) is 16.1 Å². The second-order valence-corrected chi connectivity index (χ2v) is 6.82. The quantitative estimate of drug-likeness (QED) is 0.869. The Labute approximate surface area is 125 Å². The third-order valence-electron chi connectivity index (χ3n) is 2.63. The fourth-order valence-corrected chi connectivity index (χ4v) is 3.90. The van der Waals surface area contributed by atoms with Crippen LogP contribution < -0.4 is 9.46 Å². The molecule has 0 aliphatic heterocycles. The molecule has 1 heterocycles. The average molecular weight is 328 g/mol. The van der Waals surface area contributed by atoms with Crippen LogP contribution in [0.4, 0.5) is 5.69 Å². The largest absolute Gasteiger partial charge is 0.496 e. The van der Waals surface area contributed by atoms with Gasteiger partial charge in [0.1, 0.15) is 5.75 Å². The van der Waals surface area contributed by atoms with Gasteiger partial charge in [0.25, 0.3) is 10.0 Å². The van der Waals surface area contributed by atoms with E-state index < -0.39 is 21.7 Å². The number of rotatable bonds is 5. The number of carboxylic acids is 1. The Morgan fingerprint density at radius 3 is 2.71 bits per heavy atom. The monoisotopic (exact) mass is 328 g/mol. The molecule has 0 saturated heterocycles. The van der Waals surface area contributed by atoms with Crippen molar-refractivity contribution in [2.75, 3.05) is 11.8 Å². The van der Waals surface area contributed by atoms with Crippen LogP contribution in [0.15, 0.2) is 27.9 Å². The zero-order valence-corrected chi connectivity index (χ0v) is 12.8. The summed E-state index contributed by atoms with van der Waals surface area (Å²) in [7, 11) is -2.48. The molecule has 0 spiro atoms. The number of aromatic nitrogens is 1. The summed E-state index contributed by atoms with van der Waals surface area (Å²) in [4.78, 5) is 14.5. The summed E-state index contributed by atoms with van der Waals surface area (Å²) in [6.07, 6.45) is 0. The van der Waals surface area contributed by atoms with Crippen LogP contribution in [0.5, 0.6) is 5.75 Å². The maximum atomic E-state index is 12.2. The third-order valence-corrected chi connectivity index (χ3v) is 5.38. The highest BCUT2D eigenvalue weighted by molar-refractivity contribution is 7.94. The Morgan fingerprint density at radius 1 is 1.43 bits per heavy atom. The van der Waals surface area contributed by atoms with Crippen LogP contribution in [-0.4, -0.2) is 31.6 Å². The summed E-state index contributed by atoms with van der Waals surface area (Å²) in [5.74, 6) is -0.760. The number of hydrogen-bond acceptors (Lipinski definition) is 6. The number of methoxy groups -OCH3 is 1. The number of nitrogens with zero attached hydrogens (tertiary/aromatic N) is 1. The normalized spacial score (nSPS) is 11.1.